The van der Waals surface area contributed by atoms with Crippen molar-refractivity contribution in [2.75, 3.05) is 0 Å². The number of aryl methyl sites for hydroxylation is 1. The molecule has 0 radical (unpaired) electrons. The maximum absolute atomic E-state index is 5.94. The van der Waals surface area contributed by atoms with E-state index in [0.717, 1.165) is 0 Å². The summed E-state index contributed by atoms with van der Waals surface area (Å²) in [5.74, 6) is 0. The van der Waals surface area contributed by atoms with E-state index in [2.05, 4.69) is 76.3 Å². The first-order chi connectivity index (χ1) is 8.37. The van der Waals surface area contributed by atoms with Crippen molar-refractivity contribution in [1.29, 1.82) is 0 Å². The Hall–Kier alpha value is -1.34. The van der Waals surface area contributed by atoms with Crippen molar-refractivity contribution >= 4 is 0 Å². The van der Waals surface area contributed by atoms with Crippen LogP contribution in [0.4, 0.5) is 0 Å². The van der Waals surface area contributed by atoms with Crippen molar-refractivity contribution in [2.24, 2.45) is 11.1 Å². The monoisotopic (exact) mass is 241 g/mol. The van der Waals surface area contributed by atoms with Gasteiger partial charge in [-0.15, -0.1) is 0 Å². The molecule has 0 aliphatic heterocycles. The van der Waals surface area contributed by atoms with E-state index in [4.69, 9.17) is 5.73 Å². The van der Waals surface area contributed by atoms with Crippen LogP contribution in [0.3, 0.4) is 0 Å². The van der Waals surface area contributed by atoms with Gasteiger partial charge in [0.1, 0.15) is 0 Å². The number of hydrogen-bond donors (Lipinski definition) is 1. The van der Waals surface area contributed by atoms with Gasteiger partial charge in [0.25, 0.3) is 0 Å². The van der Waals surface area contributed by atoms with Gasteiger partial charge in [-0.3, -0.25) is 0 Å². The zero-order chi connectivity index (χ0) is 13.4. The maximum Gasteiger partial charge on any atom is 0.0411 e. The summed E-state index contributed by atoms with van der Waals surface area (Å²) in [6.07, 6.45) is 8.77. The van der Waals surface area contributed by atoms with Crippen LogP contribution in [-0.2, 0) is 5.41 Å². The molecule has 0 atom stereocenters. The minimum Gasteiger partial charge on any atom is -0.321 e. The van der Waals surface area contributed by atoms with Gasteiger partial charge >= 0.3 is 0 Å². The highest BCUT2D eigenvalue weighted by Gasteiger charge is 2.40. The summed E-state index contributed by atoms with van der Waals surface area (Å²) in [4.78, 5) is 0. The van der Waals surface area contributed by atoms with Gasteiger partial charge in [-0.2, -0.15) is 0 Å². The Labute approximate surface area is 110 Å². The van der Waals surface area contributed by atoms with Gasteiger partial charge in [-0.1, -0.05) is 69.3 Å². The second-order valence-electron chi connectivity index (χ2n) is 6.23. The molecule has 0 bridgehead atoms. The SMILES string of the molecule is Cc1ccccc1C1(C(C)(C)C)C=CC(N)C=C1. The minimum absolute atomic E-state index is 0.0458. The lowest BCUT2D eigenvalue weighted by molar-refractivity contribution is 0.286. The van der Waals surface area contributed by atoms with Crippen molar-refractivity contribution in [3.05, 3.63) is 59.7 Å². The molecule has 1 aromatic carbocycles. The molecule has 96 valence electrons. The van der Waals surface area contributed by atoms with E-state index in [1.54, 1.807) is 0 Å². The first-order valence-corrected chi connectivity index (χ1v) is 6.57. The summed E-state index contributed by atoms with van der Waals surface area (Å²) < 4.78 is 0. The lowest BCUT2D eigenvalue weighted by Gasteiger charge is -2.43. The Morgan fingerprint density at radius 1 is 1.06 bits per heavy atom. The molecule has 0 fully saturated rings. The molecule has 2 rings (SSSR count). The summed E-state index contributed by atoms with van der Waals surface area (Å²) >= 11 is 0. The quantitative estimate of drug-likeness (QED) is 0.745. The Bertz CT molecular complexity index is 475. The van der Waals surface area contributed by atoms with E-state index in [-0.39, 0.29) is 16.9 Å². The van der Waals surface area contributed by atoms with Gasteiger partial charge in [0.15, 0.2) is 0 Å². The fourth-order valence-electron chi connectivity index (χ4n) is 2.77. The number of hydrogen-bond acceptors (Lipinski definition) is 1. The van der Waals surface area contributed by atoms with Gasteiger partial charge in [0.05, 0.1) is 0 Å². The predicted molar refractivity (Wildman–Crippen MR) is 78.6 cm³/mol. The number of rotatable bonds is 1. The van der Waals surface area contributed by atoms with Crippen LogP contribution in [-0.4, -0.2) is 6.04 Å². The summed E-state index contributed by atoms with van der Waals surface area (Å²) in [7, 11) is 0. The van der Waals surface area contributed by atoms with Crippen LogP contribution < -0.4 is 5.73 Å². The summed E-state index contributed by atoms with van der Waals surface area (Å²) in [5, 5.41) is 0. The van der Waals surface area contributed by atoms with Crippen LogP contribution in [0.15, 0.2) is 48.6 Å². The first-order valence-electron chi connectivity index (χ1n) is 6.57. The Balaban J connectivity index is 2.62. The molecule has 0 spiro atoms. The lowest BCUT2D eigenvalue weighted by atomic mass is 9.60. The van der Waals surface area contributed by atoms with E-state index in [1.165, 1.54) is 11.1 Å². The van der Waals surface area contributed by atoms with Gasteiger partial charge in [0.2, 0.25) is 0 Å². The Kier molecular flexibility index (Phi) is 3.20. The standard InChI is InChI=1S/C17H23N/c1-13-7-5-6-8-15(13)17(16(2,3)4)11-9-14(18)10-12-17/h5-12,14H,18H2,1-4H3. The largest absolute Gasteiger partial charge is 0.321 e. The average molecular weight is 241 g/mol. The van der Waals surface area contributed by atoms with Crippen molar-refractivity contribution in [2.45, 2.75) is 39.2 Å². The van der Waals surface area contributed by atoms with Crippen LogP contribution in [0, 0.1) is 12.3 Å². The molecule has 2 N–H and O–H groups in total. The smallest absolute Gasteiger partial charge is 0.0411 e. The molecule has 1 aliphatic rings. The maximum atomic E-state index is 5.94. The molecule has 0 heterocycles. The van der Waals surface area contributed by atoms with Crippen molar-refractivity contribution in [3.8, 4) is 0 Å². The molecular formula is C17H23N. The van der Waals surface area contributed by atoms with Crippen LogP contribution >= 0.6 is 0 Å². The van der Waals surface area contributed by atoms with Crippen LogP contribution in [0.1, 0.15) is 31.9 Å². The molecule has 18 heavy (non-hydrogen) atoms. The Morgan fingerprint density at radius 2 is 1.61 bits per heavy atom. The molecule has 1 nitrogen and oxygen atoms in total. The molecule has 1 heteroatoms. The van der Waals surface area contributed by atoms with Crippen molar-refractivity contribution < 1.29 is 0 Å². The highest BCUT2D eigenvalue weighted by atomic mass is 14.6. The normalized spacial score (nSPS) is 27.5. The fraction of sp³-hybridized carbons (Fsp3) is 0.412. The second kappa shape index (κ2) is 4.40. The molecule has 1 aromatic rings. The topological polar surface area (TPSA) is 26.0 Å². The van der Waals surface area contributed by atoms with Crippen molar-refractivity contribution in [1.82, 2.24) is 0 Å². The highest BCUT2D eigenvalue weighted by molar-refractivity contribution is 5.46. The number of nitrogens with two attached hydrogens (primary N) is 1. The fourth-order valence-corrected chi connectivity index (χ4v) is 2.77. The zero-order valence-corrected chi connectivity index (χ0v) is 11.8. The first kappa shape index (κ1) is 13.1. The van der Waals surface area contributed by atoms with Gasteiger partial charge in [-0.25, -0.2) is 0 Å². The van der Waals surface area contributed by atoms with E-state index < -0.39 is 0 Å². The van der Waals surface area contributed by atoms with E-state index in [0.29, 0.717) is 0 Å². The number of benzene rings is 1. The molecule has 0 saturated carbocycles. The highest BCUT2D eigenvalue weighted by Crippen LogP contribution is 2.46. The second-order valence-corrected chi connectivity index (χ2v) is 6.23. The Morgan fingerprint density at radius 3 is 2.11 bits per heavy atom. The lowest BCUT2D eigenvalue weighted by Crippen LogP contribution is -2.39. The van der Waals surface area contributed by atoms with Crippen LogP contribution in [0.2, 0.25) is 0 Å². The average Bonchev–Trinajstić information content (AvgIpc) is 2.30. The molecular weight excluding hydrogens is 218 g/mol. The van der Waals surface area contributed by atoms with Crippen molar-refractivity contribution in [3.63, 3.8) is 0 Å². The van der Waals surface area contributed by atoms with Gasteiger partial charge < -0.3 is 5.73 Å². The van der Waals surface area contributed by atoms with Crippen LogP contribution in [0.5, 0.6) is 0 Å². The van der Waals surface area contributed by atoms with E-state index in [9.17, 15) is 0 Å². The third-order valence-electron chi connectivity index (χ3n) is 3.99. The molecule has 0 saturated heterocycles. The molecule has 0 aromatic heterocycles. The predicted octanol–water partition coefficient (Wildman–Crippen LogP) is 3.73. The third kappa shape index (κ3) is 2.04. The molecule has 0 unspecified atom stereocenters. The van der Waals surface area contributed by atoms with E-state index in [1.807, 2.05) is 0 Å². The molecule has 0 amide bonds. The minimum atomic E-state index is -0.0613. The summed E-state index contributed by atoms with van der Waals surface area (Å²) in [6.45, 7) is 9.03. The molecule has 1 aliphatic carbocycles. The summed E-state index contributed by atoms with van der Waals surface area (Å²) in [6, 6.07) is 8.67. The van der Waals surface area contributed by atoms with E-state index >= 15 is 0 Å². The summed E-state index contributed by atoms with van der Waals surface area (Å²) in [5.41, 5.74) is 8.70. The van der Waals surface area contributed by atoms with Crippen LogP contribution in [0.25, 0.3) is 0 Å². The third-order valence-corrected chi connectivity index (χ3v) is 3.99. The van der Waals surface area contributed by atoms with Gasteiger partial charge in [-0.05, 0) is 23.5 Å². The van der Waals surface area contributed by atoms with Gasteiger partial charge in [0, 0.05) is 11.5 Å². The zero-order valence-electron chi connectivity index (χ0n) is 11.8. The number of allylic oxidation sites excluding steroid dienone is 2.